The maximum atomic E-state index is 5.64. The molecule has 0 aliphatic rings. The maximum absolute atomic E-state index is 5.64. The zero-order valence-electron chi connectivity index (χ0n) is 9.21. The molecule has 78 valence electrons. The molecule has 0 aliphatic heterocycles. The first-order valence-corrected chi connectivity index (χ1v) is 5.05. The van der Waals surface area contributed by atoms with E-state index >= 15 is 0 Å². The van der Waals surface area contributed by atoms with Gasteiger partial charge in [0.2, 0.25) is 0 Å². The zero-order chi connectivity index (χ0) is 10.6. The molecule has 0 amide bonds. The van der Waals surface area contributed by atoms with Gasteiger partial charge in [0.1, 0.15) is 5.75 Å². The molecule has 0 aliphatic carbocycles. The van der Waals surface area contributed by atoms with Crippen LogP contribution in [0.3, 0.4) is 0 Å². The molecule has 2 heteroatoms. The van der Waals surface area contributed by atoms with Gasteiger partial charge in [-0.3, -0.25) is 0 Å². The third-order valence-electron chi connectivity index (χ3n) is 2.16. The predicted octanol–water partition coefficient (Wildman–Crippen LogP) is 2.42. The molecule has 14 heavy (non-hydrogen) atoms. The van der Waals surface area contributed by atoms with Gasteiger partial charge in [-0.05, 0) is 38.8 Å². The van der Waals surface area contributed by atoms with Crippen LogP contribution in [0.25, 0.3) is 0 Å². The van der Waals surface area contributed by atoms with Gasteiger partial charge in [-0.1, -0.05) is 17.7 Å². The van der Waals surface area contributed by atoms with Crippen molar-refractivity contribution in [2.45, 2.75) is 33.2 Å². The molecule has 0 radical (unpaired) electrons. The van der Waals surface area contributed by atoms with Crippen LogP contribution in [0.5, 0.6) is 5.75 Å². The lowest BCUT2D eigenvalue weighted by atomic mass is 10.1. The molecule has 0 bridgehead atoms. The SMILES string of the molecule is Cc1ccc(OCC[C@@H](C)N)c(C)c1. The van der Waals surface area contributed by atoms with Crippen LogP contribution in [0.1, 0.15) is 24.5 Å². The number of nitrogens with two attached hydrogens (primary N) is 1. The van der Waals surface area contributed by atoms with Crippen LogP contribution in [0.4, 0.5) is 0 Å². The van der Waals surface area contributed by atoms with Crippen molar-refractivity contribution in [3.63, 3.8) is 0 Å². The number of hydrogen-bond acceptors (Lipinski definition) is 2. The Hall–Kier alpha value is -1.02. The molecule has 2 N–H and O–H groups in total. The van der Waals surface area contributed by atoms with E-state index in [9.17, 15) is 0 Å². The highest BCUT2D eigenvalue weighted by Crippen LogP contribution is 2.18. The minimum absolute atomic E-state index is 0.209. The smallest absolute Gasteiger partial charge is 0.122 e. The van der Waals surface area contributed by atoms with E-state index in [4.69, 9.17) is 10.5 Å². The molecular weight excluding hydrogens is 174 g/mol. The van der Waals surface area contributed by atoms with Crippen LogP contribution in [0, 0.1) is 13.8 Å². The minimum Gasteiger partial charge on any atom is -0.493 e. The minimum atomic E-state index is 0.209. The maximum Gasteiger partial charge on any atom is 0.122 e. The molecule has 0 spiro atoms. The molecule has 0 saturated heterocycles. The van der Waals surface area contributed by atoms with Crippen LogP contribution < -0.4 is 10.5 Å². The number of hydrogen-bond donors (Lipinski definition) is 1. The van der Waals surface area contributed by atoms with Crippen molar-refractivity contribution in [2.75, 3.05) is 6.61 Å². The fourth-order valence-corrected chi connectivity index (χ4v) is 1.32. The Kier molecular flexibility index (Phi) is 3.96. The summed E-state index contributed by atoms with van der Waals surface area (Å²) in [6.07, 6.45) is 0.896. The molecule has 2 nitrogen and oxygen atoms in total. The molecule has 0 unspecified atom stereocenters. The molecule has 1 aromatic rings. The van der Waals surface area contributed by atoms with Crippen LogP contribution in [-0.2, 0) is 0 Å². The topological polar surface area (TPSA) is 35.2 Å². The van der Waals surface area contributed by atoms with E-state index in [-0.39, 0.29) is 6.04 Å². The quantitative estimate of drug-likeness (QED) is 0.797. The predicted molar refractivity (Wildman–Crippen MR) is 59.7 cm³/mol. The summed E-state index contributed by atoms with van der Waals surface area (Å²) in [4.78, 5) is 0. The Balaban J connectivity index is 2.51. The van der Waals surface area contributed by atoms with E-state index in [1.807, 2.05) is 13.0 Å². The van der Waals surface area contributed by atoms with E-state index < -0.39 is 0 Å². The molecule has 1 rings (SSSR count). The summed E-state index contributed by atoms with van der Waals surface area (Å²) < 4.78 is 5.62. The summed E-state index contributed by atoms with van der Waals surface area (Å²) in [7, 11) is 0. The number of aryl methyl sites for hydroxylation is 2. The van der Waals surface area contributed by atoms with Crippen LogP contribution >= 0.6 is 0 Å². The summed E-state index contributed by atoms with van der Waals surface area (Å²) in [6, 6.07) is 6.42. The Bertz CT molecular complexity index is 294. The third kappa shape index (κ3) is 3.38. The molecule has 1 aromatic carbocycles. The van der Waals surface area contributed by atoms with Gasteiger partial charge in [0.05, 0.1) is 6.61 Å². The van der Waals surface area contributed by atoms with Crippen molar-refractivity contribution in [3.05, 3.63) is 29.3 Å². The fourth-order valence-electron chi connectivity index (χ4n) is 1.32. The van der Waals surface area contributed by atoms with E-state index in [2.05, 4.69) is 26.0 Å². The zero-order valence-corrected chi connectivity index (χ0v) is 9.21. The number of ether oxygens (including phenoxy) is 1. The van der Waals surface area contributed by atoms with Crippen molar-refractivity contribution >= 4 is 0 Å². The average Bonchev–Trinajstić information content (AvgIpc) is 2.08. The van der Waals surface area contributed by atoms with E-state index in [1.54, 1.807) is 0 Å². The highest BCUT2D eigenvalue weighted by molar-refractivity contribution is 5.35. The second-order valence-electron chi connectivity index (χ2n) is 3.88. The summed E-state index contributed by atoms with van der Waals surface area (Å²) >= 11 is 0. The first kappa shape index (κ1) is 11.1. The van der Waals surface area contributed by atoms with Crippen molar-refractivity contribution < 1.29 is 4.74 Å². The second kappa shape index (κ2) is 5.01. The van der Waals surface area contributed by atoms with Crippen molar-refractivity contribution in [3.8, 4) is 5.75 Å². The van der Waals surface area contributed by atoms with Crippen LogP contribution in [-0.4, -0.2) is 12.6 Å². The third-order valence-corrected chi connectivity index (χ3v) is 2.16. The molecule has 0 heterocycles. The average molecular weight is 193 g/mol. The number of rotatable bonds is 4. The lowest BCUT2D eigenvalue weighted by molar-refractivity contribution is 0.299. The summed E-state index contributed by atoms with van der Waals surface area (Å²) in [5, 5.41) is 0. The van der Waals surface area contributed by atoms with E-state index in [0.29, 0.717) is 6.61 Å². The van der Waals surface area contributed by atoms with Gasteiger partial charge in [-0.25, -0.2) is 0 Å². The van der Waals surface area contributed by atoms with Gasteiger partial charge >= 0.3 is 0 Å². The first-order chi connectivity index (χ1) is 6.59. The lowest BCUT2D eigenvalue weighted by Crippen LogP contribution is -2.18. The van der Waals surface area contributed by atoms with E-state index in [1.165, 1.54) is 11.1 Å². The largest absolute Gasteiger partial charge is 0.493 e. The normalized spacial score (nSPS) is 12.6. The monoisotopic (exact) mass is 193 g/mol. The Labute approximate surface area is 86.1 Å². The lowest BCUT2D eigenvalue weighted by Gasteiger charge is -2.10. The van der Waals surface area contributed by atoms with Crippen LogP contribution in [0.2, 0.25) is 0 Å². The summed E-state index contributed by atoms with van der Waals surface area (Å²) in [5.74, 6) is 0.969. The highest BCUT2D eigenvalue weighted by Gasteiger charge is 2.00. The first-order valence-electron chi connectivity index (χ1n) is 5.05. The van der Waals surface area contributed by atoms with Gasteiger partial charge in [0, 0.05) is 6.04 Å². The van der Waals surface area contributed by atoms with Gasteiger partial charge < -0.3 is 10.5 Å². The van der Waals surface area contributed by atoms with Crippen LogP contribution in [0.15, 0.2) is 18.2 Å². The summed E-state index contributed by atoms with van der Waals surface area (Å²) in [5.41, 5.74) is 8.09. The Morgan fingerprint density at radius 1 is 1.36 bits per heavy atom. The molecule has 0 fully saturated rings. The highest BCUT2D eigenvalue weighted by atomic mass is 16.5. The summed E-state index contributed by atoms with van der Waals surface area (Å²) in [6.45, 7) is 6.83. The standard InChI is InChI=1S/C12H19NO/c1-9-4-5-12(10(2)8-9)14-7-6-11(3)13/h4-5,8,11H,6-7,13H2,1-3H3/t11-/m1/s1. The second-order valence-corrected chi connectivity index (χ2v) is 3.88. The molecule has 0 saturated carbocycles. The van der Waals surface area contributed by atoms with Crippen molar-refractivity contribution in [1.82, 2.24) is 0 Å². The van der Waals surface area contributed by atoms with Gasteiger partial charge in [0.15, 0.2) is 0 Å². The Morgan fingerprint density at radius 3 is 2.64 bits per heavy atom. The number of benzene rings is 1. The van der Waals surface area contributed by atoms with Gasteiger partial charge in [0.25, 0.3) is 0 Å². The van der Waals surface area contributed by atoms with Gasteiger partial charge in [-0.2, -0.15) is 0 Å². The fraction of sp³-hybridized carbons (Fsp3) is 0.500. The van der Waals surface area contributed by atoms with Gasteiger partial charge in [-0.15, -0.1) is 0 Å². The molecular formula is C12H19NO. The van der Waals surface area contributed by atoms with Crippen molar-refractivity contribution in [1.29, 1.82) is 0 Å². The Morgan fingerprint density at radius 2 is 2.07 bits per heavy atom. The molecule has 0 aromatic heterocycles. The molecule has 1 atom stereocenters. The van der Waals surface area contributed by atoms with E-state index in [0.717, 1.165) is 12.2 Å². The van der Waals surface area contributed by atoms with Crippen molar-refractivity contribution in [2.24, 2.45) is 5.73 Å².